The number of hydrogen-bond acceptors (Lipinski definition) is 4. The number of nitrogens with zero attached hydrogens (tertiary/aromatic N) is 4. The number of halogens is 1. The molecule has 5 nitrogen and oxygen atoms in total. The summed E-state index contributed by atoms with van der Waals surface area (Å²) in [5.41, 5.74) is 0.627. The van der Waals surface area contributed by atoms with Crippen molar-refractivity contribution < 1.29 is 4.39 Å². The van der Waals surface area contributed by atoms with Crippen molar-refractivity contribution in [1.82, 2.24) is 19.9 Å². The zero-order valence-corrected chi connectivity index (χ0v) is 10.5. The monoisotopic (exact) mass is 249 g/mol. The number of rotatable bonds is 1. The van der Waals surface area contributed by atoms with Crippen LogP contribution in [0.4, 0.5) is 10.3 Å². The zero-order valence-electron chi connectivity index (χ0n) is 10.5. The van der Waals surface area contributed by atoms with E-state index >= 15 is 0 Å². The third kappa shape index (κ3) is 1.82. The first-order chi connectivity index (χ1) is 8.56. The van der Waals surface area contributed by atoms with Crippen LogP contribution in [0.3, 0.4) is 0 Å². The van der Waals surface area contributed by atoms with E-state index in [1.807, 2.05) is 0 Å². The van der Waals surface area contributed by atoms with E-state index in [0.717, 1.165) is 19.6 Å². The highest BCUT2D eigenvalue weighted by Gasteiger charge is 2.32. The molecule has 1 fully saturated rings. The molecule has 0 radical (unpaired) electrons. The summed E-state index contributed by atoms with van der Waals surface area (Å²) in [5, 5.41) is 7.71. The summed E-state index contributed by atoms with van der Waals surface area (Å²) in [7, 11) is 0. The molecule has 0 saturated carbocycles. The van der Waals surface area contributed by atoms with Crippen molar-refractivity contribution in [1.29, 1.82) is 0 Å². The molecule has 2 aromatic rings. The SMILES string of the molecule is CC1(C)CNCCN1c1nc2ccc(F)cn2n1. The molecular weight excluding hydrogens is 233 g/mol. The van der Waals surface area contributed by atoms with Gasteiger partial charge in [0.2, 0.25) is 5.95 Å². The predicted molar refractivity (Wildman–Crippen MR) is 67.2 cm³/mol. The number of hydrogen-bond donors (Lipinski definition) is 1. The van der Waals surface area contributed by atoms with Crippen LogP contribution in [0.25, 0.3) is 5.65 Å². The summed E-state index contributed by atoms with van der Waals surface area (Å²) in [5.74, 6) is 0.352. The van der Waals surface area contributed by atoms with E-state index in [2.05, 4.69) is 34.1 Å². The molecule has 1 N–H and O–H groups in total. The number of aromatic nitrogens is 3. The van der Waals surface area contributed by atoms with Crippen LogP contribution in [-0.4, -0.2) is 39.8 Å². The van der Waals surface area contributed by atoms with Gasteiger partial charge in [-0.1, -0.05) is 0 Å². The van der Waals surface area contributed by atoms with Crippen molar-refractivity contribution in [2.24, 2.45) is 0 Å². The summed E-state index contributed by atoms with van der Waals surface area (Å²) in [4.78, 5) is 6.62. The van der Waals surface area contributed by atoms with Crippen molar-refractivity contribution in [3.05, 3.63) is 24.1 Å². The molecule has 2 aromatic heterocycles. The van der Waals surface area contributed by atoms with Gasteiger partial charge in [0.1, 0.15) is 5.82 Å². The van der Waals surface area contributed by atoms with Gasteiger partial charge >= 0.3 is 0 Å². The van der Waals surface area contributed by atoms with Crippen molar-refractivity contribution >= 4 is 11.6 Å². The van der Waals surface area contributed by atoms with Crippen LogP contribution < -0.4 is 10.2 Å². The van der Waals surface area contributed by atoms with Crippen LogP contribution in [0.2, 0.25) is 0 Å². The quantitative estimate of drug-likeness (QED) is 0.820. The second kappa shape index (κ2) is 3.91. The molecule has 0 amide bonds. The van der Waals surface area contributed by atoms with Crippen LogP contribution in [0.15, 0.2) is 18.3 Å². The summed E-state index contributed by atoms with van der Waals surface area (Å²) in [6.07, 6.45) is 1.35. The Bertz CT molecular complexity index is 577. The Kier molecular flexibility index (Phi) is 2.48. The summed E-state index contributed by atoms with van der Waals surface area (Å²) >= 11 is 0. The third-order valence-electron chi connectivity index (χ3n) is 3.33. The van der Waals surface area contributed by atoms with Crippen LogP contribution in [0.1, 0.15) is 13.8 Å². The number of anilines is 1. The lowest BCUT2D eigenvalue weighted by Crippen LogP contribution is -2.58. The molecule has 1 saturated heterocycles. The molecule has 1 aliphatic heterocycles. The van der Waals surface area contributed by atoms with Gasteiger partial charge in [-0.3, -0.25) is 0 Å². The van der Waals surface area contributed by atoms with E-state index in [1.54, 1.807) is 6.07 Å². The number of pyridine rings is 1. The number of fused-ring (bicyclic) bond motifs is 1. The fourth-order valence-corrected chi connectivity index (χ4v) is 2.31. The normalized spacial score (nSPS) is 19.4. The molecule has 18 heavy (non-hydrogen) atoms. The van der Waals surface area contributed by atoms with Gasteiger partial charge in [0, 0.05) is 25.2 Å². The Hall–Kier alpha value is -1.69. The minimum Gasteiger partial charge on any atom is -0.332 e. The standard InChI is InChI=1S/C12H16FN5/c1-12(2)8-14-5-6-17(12)11-15-10-4-3-9(13)7-18(10)16-11/h3-4,7,14H,5-6,8H2,1-2H3. The van der Waals surface area contributed by atoms with Gasteiger partial charge in [-0.05, 0) is 26.0 Å². The molecule has 1 aliphatic rings. The van der Waals surface area contributed by atoms with Gasteiger partial charge < -0.3 is 10.2 Å². The maximum Gasteiger partial charge on any atom is 0.246 e. The fourth-order valence-electron chi connectivity index (χ4n) is 2.31. The average Bonchev–Trinajstić information content (AvgIpc) is 2.70. The Morgan fingerprint density at radius 3 is 3.00 bits per heavy atom. The van der Waals surface area contributed by atoms with Gasteiger partial charge in [0.15, 0.2) is 5.65 Å². The largest absolute Gasteiger partial charge is 0.332 e. The van der Waals surface area contributed by atoms with Crippen molar-refractivity contribution in [2.45, 2.75) is 19.4 Å². The smallest absolute Gasteiger partial charge is 0.246 e. The van der Waals surface area contributed by atoms with E-state index in [-0.39, 0.29) is 11.4 Å². The highest BCUT2D eigenvalue weighted by molar-refractivity contribution is 5.46. The van der Waals surface area contributed by atoms with Crippen LogP contribution in [0, 0.1) is 5.82 Å². The number of piperazine rings is 1. The molecule has 0 bridgehead atoms. The molecule has 0 aromatic carbocycles. The first-order valence-corrected chi connectivity index (χ1v) is 6.07. The van der Waals surface area contributed by atoms with E-state index in [4.69, 9.17) is 0 Å². The van der Waals surface area contributed by atoms with Gasteiger partial charge in [-0.2, -0.15) is 4.98 Å². The topological polar surface area (TPSA) is 45.5 Å². The minimum atomic E-state index is -0.307. The van der Waals surface area contributed by atoms with Crippen molar-refractivity contribution in [3.63, 3.8) is 0 Å². The first kappa shape index (κ1) is 11.4. The molecule has 6 heteroatoms. The van der Waals surface area contributed by atoms with Gasteiger partial charge in [-0.15, -0.1) is 5.10 Å². The number of nitrogens with one attached hydrogen (secondary N) is 1. The molecule has 0 atom stereocenters. The Balaban J connectivity index is 2.03. The molecule has 0 aliphatic carbocycles. The summed E-state index contributed by atoms with van der Waals surface area (Å²) in [6.45, 7) is 6.94. The van der Waals surface area contributed by atoms with Gasteiger partial charge in [0.05, 0.1) is 6.20 Å². The minimum absolute atomic E-state index is 0.0399. The molecular formula is C12H16FN5. The molecule has 3 heterocycles. The van der Waals surface area contributed by atoms with E-state index in [1.165, 1.54) is 16.8 Å². The van der Waals surface area contributed by atoms with Crippen molar-refractivity contribution in [2.75, 3.05) is 24.5 Å². The highest BCUT2D eigenvalue weighted by Crippen LogP contribution is 2.22. The van der Waals surface area contributed by atoms with E-state index < -0.39 is 0 Å². The first-order valence-electron chi connectivity index (χ1n) is 6.07. The second-order valence-corrected chi connectivity index (χ2v) is 5.20. The summed E-state index contributed by atoms with van der Waals surface area (Å²) < 4.78 is 14.6. The molecule has 96 valence electrons. The molecule has 0 unspecified atom stereocenters. The van der Waals surface area contributed by atoms with Crippen LogP contribution in [-0.2, 0) is 0 Å². The highest BCUT2D eigenvalue weighted by atomic mass is 19.1. The van der Waals surface area contributed by atoms with Crippen LogP contribution in [0.5, 0.6) is 0 Å². The fraction of sp³-hybridized carbons (Fsp3) is 0.500. The van der Waals surface area contributed by atoms with Crippen LogP contribution >= 0.6 is 0 Å². The summed E-state index contributed by atoms with van der Waals surface area (Å²) in [6, 6.07) is 3.04. The molecule has 3 rings (SSSR count). The Morgan fingerprint density at radius 1 is 1.39 bits per heavy atom. The Labute approximate surface area is 105 Å². The lowest BCUT2D eigenvalue weighted by molar-refractivity contribution is 0.375. The van der Waals surface area contributed by atoms with E-state index in [9.17, 15) is 4.39 Å². The Morgan fingerprint density at radius 2 is 2.22 bits per heavy atom. The zero-order chi connectivity index (χ0) is 12.8. The maximum absolute atomic E-state index is 13.1. The third-order valence-corrected chi connectivity index (χ3v) is 3.33. The lowest BCUT2D eigenvalue weighted by atomic mass is 10.0. The maximum atomic E-state index is 13.1. The van der Waals surface area contributed by atoms with Crippen molar-refractivity contribution in [3.8, 4) is 0 Å². The average molecular weight is 249 g/mol. The molecule has 0 spiro atoms. The van der Waals surface area contributed by atoms with Gasteiger partial charge in [-0.25, -0.2) is 8.91 Å². The van der Waals surface area contributed by atoms with Gasteiger partial charge in [0.25, 0.3) is 0 Å². The lowest BCUT2D eigenvalue weighted by Gasteiger charge is -2.42. The second-order valence-electron chi connectivity index (χ2n) is 5.20. The predicted octanol–water partition coefficient (Wildman–Crippen LogP) is 1.06. The van der Waals surface area contributed by atoms with E-state index in [0.29, 0.717) is 11.6 Å².